The Labute approximate surface area is 74.9 Å². The van der Waals surface area contributed by atoms with Crippen LogP contribution in [0.1, 0.15) is 0 Å². The highest BCUT2D eigenvalue weighted by Gasteiger charge is 2.40. The summed E-state index contributed by atoms with van der Waals surface area (Å²) in [5.74, 6) is -1.62. The molecule has 1 amide bonds. The lowest BCUT2D eigenvalue weighted by Crippen LogP contribution is -2.54. The minimum Gasteiger partial charge on any atom is -0.394 e. The highest BCUT2D eigenvalue weighted by molar-refractivity contribution is 5.77. The number of carbonyl (C=O) groups is 1. The molecule has 0 aromatic heterocycles. The van der Waals surface area contributed by atoms with Crippen LogP contribution in [0.3, 0.4) is 0 Å². The van der Waals surface area contributed by atoms with Gasteiger partial charge in [-0.1, -0.05) is 0 Å². The quantitative estimate of drug-likeness (QED) is 0.376. The zero-order chi connectivity index (χ0) is 10.0. The Morgan fingerprint density at radius 3 is 2.54 bits per heavy atom. The van der Waals surface area contributed by atoms with E-state index >= 15 is 0 Å². The topological polar surface area (TPSA) is 113 Å². The minimum absolute atomic E-state index is 0.0706. The Bertz CT molecular complexity index is 197. The highest BCUT2D eigenvalue weighted by atomic mass is 16.5. The lowest BCUT2D eigenvalue weighted by atomic mass is 9.92. The van der Waals surface area contributed by atoms with Crippen LogP contribution in [-0.4, -0.2) is 52.8 Å². The Hall–Kier alpha value is -0.690. The van der Waals surface area contributed by atoms with E-state index in [1.54, 1.807) is 0 Å². The van der Waals surface area contributed by atoms with Crippen LogP contribution >= 0.6 is 0 Å². The maximum absolute atomic E-state index is 10.7. The number of rotatable bonds is 2. The molecule has 4 atom stereocenters. The van der Waals surface area contributed by atoms with Gasteiger partial charge in [-0.3, -0.25) is 4.79 Å². The van der Waals surface area contributed by atoms with Crippen molar-refractivity contribution in [2.45, 2.75) is 18.3 Å². The molecule has 0 aromatic carbocycles. The molecule has 6 nitrogen and oxygen atoms in total. The van der Waals surface area contributed by atoms with Crippen molar-refractivity contribution >= 4 is 5.91 Å². The van der Waals surface area contributed by atoms with Gasteiger partial charge in [-0.25, -0.2) is 0 Å². The first kappa shape index (κ1) is 10.4. The SMILES string of the molecule is NC(=O)[C@H]1CO[C@H](CO)[C@H](O)[C@@H]1O. The van der Waals surface area contributed by atoms with E-state index in [0.29, 0.717) is 0 Å². The second kappa shape index (κ2) is 4.01. The molecular formula is C7H13NO5. The number of nitrogens with two attached hydrogens (primary N) is 1. The van der Waals surface area contributed by atoms with Crippen LogP contribution in [0.4, 0.5) is 0 Å². The molecule has 0 spiro atoms. The number of aliphatic hydroxyl groups is 3. The first-order valence-corrected chi connectivity index (χ1v) is 3.95. The van der Waals surface area contributed by atoms with E-state index in [0.717, 1.165) is 0 Å². The summed E-state index contributed by atoms with van der Waals surface area (Å²) in [5.41, 5.74) is 4.95. The molecule has 13 heavy (non-hydrogen) atoms. The maximum atomic E-state index is 10.7. The van der Waals surface area contributed by atoms with Crippen LogP contribution in [-0.2, 0) is 9.53 Å². The molecule has 0 bridgehead atoms. The molecule has 0 aromatic rings. The van der Waals surface area contributed by atoms with Crippen LogP contribution in [0.25, 0.3) is 0 Å². The van der Waals surface area contributed by atoms with Gasteiger partial charge in [-0.05, 0) is 0 Å². The van der Waals surface area contributed by atoms with Gasteiger partial charge in [-0.2, -0.15) is 0 Å². The van der Waals surface area contributed by atoms with Crippen LogP contribution in [0, 0.1) is 5.92 Å². The van der Waals surface area contributed by atoms with Gasteiger partial charge in [0.1, 0.15) is 12.2 Å². The lowest BCUT2D eigenvalue weighted by Gasteiger charge is -2.35. The summed E-state index contributed by atoms with van der Waals surface area (Å²) in [7, 11) is 0. The molecule has 1 aliphatic heterocycles. The van der Waals surface area contributed by atoms with Crippen molar-refractivity contribution in [3.8, 4) is 0 Å². The summed E-state index contributed by atoms with van der Waals surface area (Å²) in [6, 6.07) is 0. The summed E-state index contributed by atoms with van der Waals surface area (Å²) >= 11 is 0. The van der Waals surface area contributed by atoms with E-state index < -0.39 is 36.7 Å². The zero-order valence-corrected chi connectivity index (χ0v) is 6.96. The normalized spacial score (nSPS) is 40.2. The molecule has 76 valence electrons. The van der Waals surface area contributed by atoms with E-state index in [2.05, 4.69) is 0 Å². The second-order valence-electron chi connectivity index (χ2n) is 3.04. The van der Waals surface area contributed by atoms with E-state index in [-0.39, 0.29) is 6.61 Å². The Kier molecular flexibility index (Phi) is 3.21. The largest absolute Gasteiger partial charge is 0.394 e. The van der Waals surface area contributed by atoms with Gasteiger partial charge in [0.05, 0.1) is 25.2 Å². The third kappa shape index (κ3) is 1.97. The lowest BCUT2D eigenvalue weighted by molar-refractivity contribution is -0.179. The van der Waals surface area contributed by atoms with E-state index in [1.165, 1.54) is 0 Å². The third-order valence-corrected chi connectivity index (χ3v) is 2.18. The summed E-state index contributed by atoms with van der Waals surface area (Å²) in [6.07, 6.45) is -3.37. The summed E-state index contributed by atoms with van der Waals surface area (Å²) in [4.78, 5) is 10.7. The fraction of sp³-hybridized carbons (Fsp3) is 0.857. The van der Waals surface area contributed by atoms with Crippen LogP contribution < -0.4 is 5.73 Å². The predicted molar refractivity (Wildman–Crippen MR) is 41.5 cm³/mol. The van der Waals surface area contributed by atoms with Crippen LogP contribution in [0.15, 0.2) is 0 Å². The Morgan fingerprint density at radius 2 is 2.08 bits per heavy atom. The van der Waals surface area contributed by atoms with E-state index in [4.69, 9.17) is 15.6 Å². The van der Waals surface area contributed by atoms with Crippen LogP contribution in [0.2, 0.25) is 0 Å². The molecule has 0 unspecified atom stereocenters. The molecule has 0 saturated carbocycles. The van der Waals surface area contributed by atoms with Crippen molar-refractivity contribution in [2.24, 2.45) is 11.7 Å². The average Bonchev–Trinajstić information content (AvgIpc) is 2.09. The number of hydrogen-bond acceptors (Lipinski definition) is 5. The summed E-state index contributed by atoms with van der Waals surface area (Å²) in [6.45, 7) is -0.470. The van der Waals surface area contributed by atoms with Gasteiger partial charge in [0.25, 0.3) is 0 Å². The van der Waals surface area contributed by atoms with Crippen molar-refractivity contribution in [3.63, 3.8) is 0 Å². The van der Waals surface area contributed by atoms with Crippen molar-refractivity contribution in [2.75, 3.05) is 13.2 Å². The van der Waals surface area contributed by atoms with Crippen molar-refractivity contribution in [1.29, 1.82) is 0 Å². The number of amides is 1. The minimum atomic E-state index is -1.27. The first-order valence-electron chi connectivity index (χ1n) is 3.95. The molecule has 1 fully saturated rings. The summed E-state index contributed by atoms with van der Waals surface area (Å²) in [5, 5.41) is 27.4. The number of ether oxygens (including phenoxy) is 1. The number of hydrogen-bond donors (Lipinski definition) is 4. The predicted octanol–water partition coefficient (Wildman–Crippen LogP) is -2.80. The Morgan fingerprint density at radius 1 is 1.46 bits per heavy atom. The smallest absolute Gasteiger partial charge is 0.225 e. The molecule has 1 saturated heterocycles. The fourth-order valence-electron chi connectivity index (χ4n) is 1.29. The Balaban J connectivity index is 2.64. The van der Waals surface area contributed by atoms with E-state index in [9.17, 15) is 15.0 Å². The van der Waals surface area contributed by atoms with Gasteiger partial charge >= 0.3 is 0 Å². The van der Waals surface area contributed by atoms with Crippen molar-refractivity contribution in [3.05, 3.63) is 0 Å². The number of primary amides is 1. The molecule has 6 heteroatoms. The molecule has 1 heterocycles. The average molecular weight is 191 g/mol. The van der Waals surface area contributed by atoms with Gasteiger partial charge in [-0.15, -0.1) is 0 Å². The third-order valence-electron chi connectivity index (χ3n) is 2.18. The van der Waals surface area contributed by atoms with Gasteiger partial charge in [0.2, 0.25) is 5.91 Å². The standard InChI is InChI=1S/C7H13NO5/c8-7(12)3-2-13-4(1-9)6(11)5(3)10/h3-6,9-11H,1-2H2,(H2,8,12)/t3-,4+,5+,6-/m0/s1. The molecule has 0 aliphatic carbocycles. The zero-order valence-electron chi connectivity index (χ0n) is 6.96. The van der Waals surface area contributed by atoms with Gasteiger partial charge in [0.15, 0.2) is 0 Å². The van der Waals surface area contributed by atoms with Gasteiger partial charge < -0.3 is 25.8 Å². The van der Waals surface area contributed by atoms with Crippen LogP contribution in [0.5, 0.6) is 0 Å². The molecule has 1 aliphatic rings. The molecule has 0 radical (unpaired) electrons. The maximum Gasteiger partial charge on any atom is 0.225 e. The summed E-state index contributed by atoms with van der Waals surface area (Å²) < 4.78 is 4.92. The fourth-order valence-corrected chi connectivity index (χ4v) is 1.29. The van der Waals surface area contributed by atoms with Gasteiger partial charge in [0, 0.05) is 0 Å². The van der Waals surface area contributed by atoms with Crippen molar-refractivity contribution < 1.29 is 24.9 Å². The van der Waals surface area contributed by atoms with Crippen molar-refractivity contribution in [1.82, 2.24) is 0 Å². The molecule has 5 N–H and O–H groups in total. The monoisotopic (exact) mass is 191 g/mol. The molecule has 1 rings (SSSR count). The second-order valence-corrected chi connectivity index (χ2v) is 3.04. The number of carbonyl (C=O) groups excluding carboxylic acids is 1. The first-order chi connectivity index (χ1) is 6.07. The molecular weight excluding hydrogens is 178 g/mol. The highest BCUT2D eigenvalue weighted by Crippen LogP contribution is 2.19. The van der Waals surface area contributed by atoms with E-state index in [1.807, 2.05) is 0 Å². The number of aliphatic hydroxyl groups excluding tert-OH is 3.